The van der Waals surface area contributed by atoms with Crippen molar-refractivity contribution in [1.82, 2.24) is 4.90 Å². The number of fused-ring (bicyclic) bond motifs is 2. The summed E-state index contributed by atoms with van der Waals surface area (Å²) in [5.41, 5.74) is 2.35. The molecule has 1 N–H and O–H groups in total. The lowest BCUT2D eigenvalue weighted by molar-refractivity contribution is -0.142. The van der Waals surface area contributed by atoms with Crippen molar-refractivity contribution < 1.29 is 14.6 Å². The van der Waals surface area contributed by atoms with E-state index in [1.54, 1.807) is 0 Å². The molecule has 4 nitrogen and oxygen atoms in total. The van der Waals surface area contributed by atoms with Gasteiger partial charge in [-0.2, -0.15) is 0 Å². The van der Waals surface area contributed by atoms with Crippen molar-refractivity contribution in [2.45, 2.75) is 51.6 Å². The topological polar surface area (TPSA) is 49.8 Å². The van der Waals surface area contributed by atoms with E-state index < -0.39 is 5.97 Å². The van der Waals surface area contributed by atoms with Gasteiger partial charge in [0, 0.05) is 18.6 Å². The highest BCUT2D eigenvalue weighted by molar-refractivity contribution is 5.71. The zero-order chi connectivity index (χ0) is 15.7. The zero-order valence-corrected chi connectivity index (χ0v) is 13.4. The fourth-order valence-corrected chi connectivity index (χ4v) is 4.16. The average Bonchev–Trinajstić information content (AvgIpc) is 3.03. The highest BCUT2D eigenvalue weighted by Crippen LogP contribution is 2.41. The Morgan fingerprint density at radius 2 is 2.05 bits per heavy atom. The first-order valence-electron chi connectivity index (χ1n) is 8.25. The van der Waals surface area contributed by atoms with Crippen LogP contribution in [0.5, 0.6) is 5.75 Å². The predicted molar refractivity (Wildman–Crippen MR) is 85.3 cm³/mol. The third-order valence-electron chi connectivity index (χ3n) is 5.21. The molecular weight excluding hydrogens is 278 g/mol. The van der Waals surface area contributed by atoms with E-state index in [4.69, 9.17) is 4.74 Å². The molecule has 0 aromatic heterocycles. The molecule has 2 aliphatic heterocycles. The monoisotopic (exact) mass is 303 g/mol. The molecule has 120 valence electrons. The third-order valence-corrected chi connectivity index (χ3v) is 5.21. The Bertz CT molecular complexity index is 537. The van der Waals surface area contributed by atoms with Crippen LogP contribution in [0.4, 0.5) is 0 Å². The molecule has 3 unspecified atom stereocenters. The van der Waals surface area contributed by atoms with Gasteiger partial charge in [0.1, 0.15) is 5.75 Å². The molecule has 2 fully saturated rings. The van der Waals surface area contributed by atoms with Crippen LogP contribution in [0, 0.1) is 19.8 Å². The highest BCUT2D eigenvalue weighted by atomic mass is 16.5. The van der Waals surface area contributed by atoms with Crippen LogP contribution in [0.2, 0.25) is 0 Å². The number of hydrogen-bond acceptors (Lipinski definition) is 3. The molecule has 2 bridgehead atoms. The second-order valence-electron chi connectivity index (χ2n) is 6.64. The summed E-state index contributed by atoms with van der Waals surface area (Å²) in [5, 5.41) is 9.28. The van der Waals surface area contributed by atoms with Crippen molar-refractivity contribution in [3.05, 3.63) is 29.3 Å². The predicted octanol–water partition coefficient (Wildman–Crippen LogP) is 3.01. The Hall–Kier alpha value is -1.55. The number of carboxylic acid groups (broad SMARTS) is 1. The SMILES string of the molecule is Cc1cccc(C)c1OCCCN1C2CCC1C(C(=O)O)C2. The zero-order valence-electron chi connectivity index (χ0n) is 13.4. The standard InChI is InChI=1S/C18H25NO3/c1-12-5-3-6-13(2)17(12)22-10-4-9-19-14-7-8-16(19)15(11-14)18(20)21/h3,5-6,14-16H,4,7-11H2,1-2H3,(H,20,21). The van der Waals surface area contributed by atoms with E-state index in [2.05, 4.69) is 30.9 Å². The number of aryl methyl sites for hydroxylation is 2. The van der Waals surface area contributed by atoms with Crippen molar-refractivity contribution >= 4 is 5.97 Å². The van der Waals surface area contributed by atoms with Gasteiger partial charge < -0.3 is 9.84 Å². The molecule has 0 radical (unpaired) electrons. The van der Waals surface area contributed by atoms with Crippen LogP contribution in [-0.4, -0.2) is 41.2 Å². The van der Waals surface area contributed by atoms with E-state index in [1.165, 1.54) is 11.1 Å². The maximum Gasteiger partial charge on any atom is 0.308 e. The molecule has 4 heteroatoms. The molecule has 3 atom stereocenters. The Morgan fingerprint density at radius 1 is 1.32 bits per heavy atom. The van der Waals surface area contributed by atoms with Crippen LogP contribution in [0.25, 0.3) is 0 Å². The van der Waals surface area contributed by atoms with Crippen LogP contribution in [0.15, 0.2) is 18.2 Å². The lowest BCUT2D eigenvalue weighted by Gasteiger charge is -2.22. The number of carboxylic acids is 1. The summed E-state index contributed by atoms with van der Waals surface area (Å²) in [6.07, 6.45) is 3.98. The molecule has 3 rings (SSSR count). The molecule has 0 saturated carbocycles. The first-order valence-corrected chi connectivity index (χ1v) is 8.25. The second kappa shape index (κ2) is 6.29. The summed E-state index contributed by atoms with van der Waals surface area (Å²) in [6.45, 7) is 5.78. The van der Waals surface area contributed by atoms with Crippen LogP contribution >= 0.6 is 0 Å². The van der Waals surface area contributed by atoms with Crippen LogP contribution in [0.3, 0.4) is 0 Å². The summed E-state index contributed by atoms with van der Waals surface area (Å²) in [4.78, 5) is 13.7. The Balaban J connectivity index is 1.49. The minimum absolute atomic E-state index is 0.154. The Morgan fingerprint density at radius 3 is 2.68 bits per heavy atom. The van der Waals surface area contributed by atoms with Crippen molar-refractivity contribution in [3.63, 3.8) is 0 Å². The van der Waals surface area contributed by atoms with E-state index in [0.29, 0.717) is 12.6 Å². The Kier molecular flexibility index (Phi) is 4.39. The normalized spacial score (nSPS) is 27.3. The molecule has 2 aliphatic rings. The van der Waals surface area contributed by atoms with Crippen LogP contribution in [0.1, 0.15) is 36.8 Å². The van der Waals surface area contributed by atoms with Crippen LogP contribution < -0.4 is 4.74 Å². The van der Waals surface area contributed by atoms with E-state index in [1.807, 2.05) is 6.07 Å². The van der Waals surface area contributed by atoms with Crippen LogP contribution in [-0.2, 0) is 4.79 Å². The van der Waals surface area contributed by atoms with Gasteiger partial charge in [0.15, 0.2) is 0 Å². The summed E-state index contributed by atoms with van der Waals surface area (Å²) in [5.74, 6) is 0.220. The molecule has 0 amide bonds. The van der Waals surface area contributed by atoms with Gasteiger partial charge in [-0.25, -0.2) is 0 Å². The van der Waals surface area contributed by atoms with Gasteiger partial charge in [-0.05, 0) is 50.7 Å². The van der Waals surface area contributed by atoms with Gasteiger partial charge in [-0.15, -0.1) is 0 Å². The fourth-order valence-electron chi connectivity index (χ4n) is 4.16. The molecule has 1 aromatic carbocycles. The number of hydrogen-bond donors (Lipinski definition) is 1. The lowest BCUT2D eigenvalue weighted by Crippen LogP contribution is -2.34. The van der Waals surface area contributed by atoms with Crippen molar-refractivity contribution in [3.8, 4) is 5.75 Å². The quantitative estimate of drug-likeness (QED) is 0.821. The number of nitrogens with zero attached hydrogens (tertiary/aromatic N) is 1. The average molecular weight is 303 g/mol. The van der Waals surface area contributed by atoms with E-state index in [-0.39, 0.29) is 12.0 Å². The number of benzene rings is 1. The molecular formula is C18H25NO3. The molecule has 2 heterocycles. The Labute approximate surface area is 132 Å². The largest absolute Gasteiger partial charge is 0.493 e. The second-order valence-corrected chi connectivity index (χ2v) is 6.64. The minimum Gasteiger partial charge on any atom is -0.493 e. The van der Waals surface area contributed by atoms with Gasteiger partial charge in [0.05, 0.1) is 12.5 Å². The van der Waals surface area contributed by atoms with Crippen molar-refractivity contribution in [1.29, 1.82) is 0 Å². The molecule has 2 saturated heterocycles. The highest BCUT2D eigenvalue weighted by Gasteiger charge is 2.48. The maximum absolute atomic E-state index is 11.3. The first kappa shape index (κ1) is 15.3. The van der Waals surface area contributed by atoms with Gasteiger partial charge in [0.25, 0.3) is 0 Å². The number of carbonyl (C=O) groups is 1. The number of rotatable bonds is 6. The number of ether oxygens (including phenoxy) is 1. The summed E-state index contributed by atoms with van der Waals surface area (Å²) in [7, 11) is 0. The maximum atomic E-state index is 11.3. The fraction of sp³-hybridized carbons (Fsp3) is 0.611. The minimum atomic E-state index is -0.621. The lowest BCUT2D eigenvalue weighted by atomic mass is 9.89. The smallest absolute Gasteiger partial charge is 0.308 e. The van der Waals surface area contributed by atoms with Gasteiger partial charge in [-0.3, -0.25) is 9.69 Å². The number of para-hydroxylation sites is 1. The summed E-state index contributed by atoms with van der Waals surface area (Å²) >= 11 is 0. The number of aliphatic carboxylic acids is 1. The molecule has 0 spiro atoms. The van der Waals surface area contributed by atoms with Gasteiger partial charge >= 0.3 is 5.97 Å². The van der Waals surface area contributed by atoms with E-state index >= 15 is 0 Å². The van der Waals surface area contributed by atoms with E-state index in [0.717, 1.165) is 38.0 Å². The third kappa shape index (κ3) is 2.84. The van der Waals surface area contributed by atoms with Crippen molar-refractivity contribution in [2.75, 3.05) is 13.2 Å². The molecule has 22 heavy (non-hydrogen) atoms. The van der Waals surface area contributed by atoms with E-state index in [9.17, 15) is 9.90 Å². The van der Waals surface area contributed by atoms with Gasteiger partial charge in [-0.1, -0.05) is 18.2 Å². The molecule has 0 aliphatic carbocycles. The van der Waals surface area contributed by atoms with Crippen molar-refractivity contribution in [2.24, 2.45) is 5.92 Å². The van der Waals surface area contributed by atoms with Gasteiger partial charge in [0.2, 0.25) is 0 Å². The summed E-state index contributed by atoms with van der Waals surface area (Å²) in [6, 6.07) is 6.92. The first-order chi connectivity index (χ1) is 10.6. The molecule has 1 aromatic rings. The summed E-state index contributed by atoms with van der Waals surface area (Å²) < 4.78 is 5.95.